The quantitative estimate of drug-likeness (QED) is 0.699. The van der Waals surface area contributed by atoms with Crippen LogP contribution in [0, 0.1) is 0 Å². The monoisotopic (exact) mass is 260 g/mol. The van der Waals surface area contributed by atoms with Crippen molar-refractivity contribution in [2.45, 2.75) is 6.54 Å². The highest BCUT2D eigenvalue weighted by Crippen LogP contribution is 2.11. The molecular weight excluding hydrogens is 252 g/mol. The molecule has 90 valence electrons. The summed E-state index contributed by atoms with van der Waals surface area (Å²) in [4.78, 5) is 27.4. The van der Waals surface area contributed by atoms with Crippen molar-refractivity contribution in [3.8, 4) is 0 Å². The van der Waals surface area contributed by atoms with Crippen molar-refractivity contribution in [3.63, 3.8) is 0 Å². The highest BCUT2D eigenvalue weighted by Gasteiger charge is 2.09. The van der Waals surface area contributed by atoms with Crippen LogP contribution in [0.2, 0.25) is 0 Å². The van der Waals surface area contributed by atoms with E-state index in [2.05, 4.69) is 4.98 Å². The maximum Gasteiger partial charge on any atom is 0.422 e. The normalized spacial score (nSPS) is 10.9. The van der Waals surface area contributed by atoms with E-state index in [4.69, 9.17) is 4.42 Å². The molecule has 0 amide bonds. The molecule has 2 heterocycles. The van der Waals surface area contributed by atoms with E-state index in [1.807, 2.05) is 5.38 Å². The lowest BCUT2D eigenvalue weighted by molar-refractivity contribution is 0.424. The van der Waals surface area contributed by atoms with Crippen molar-refractivity contribution in [1.82, 2.24) is 9.55 Å². The van der Waals surface area contributed by atoms with E-state index in [-0.39, 0.29) is 0 Å². The molecule has 1 aromatic carbocycles. The van der Waals surface area contributed by atoms with Crippen molar-refractivity contribution >= 4 is 22.2 Å². The van der Waals surface area contributed by atoms with Crippen LogP contribution in [-0.2, 0) is 6.54 Å². The molecule has 0 aliphatic heterocycles. The van der Waals surface area contributed by atoms with Gasteiger partial charge in [0.2, 0.25) is 0 Å². The van der Waals surface area contributed by atoms with Crippen LogP contribution in [0.1, 0.15) is 5.01 Å². The van der Waals surface area contributed by atoms with Crippen LogP contribution in [0.5, 0.6) is 0 Å². The van der Waals surface area contributed by atoms with Gasteiger partial charge < -0.3 is 4.42 Å². The Morgan fingerprint density at radius 3 is 2.89 bits per heavy atom. The maximum absolute atomic E-state index is 11.8. The second-order valence-corrected chi connectivity index (χ2v) is 4.66. The van der Waals surface area contributed by atoms with Crippen LogP contribution in [0.25, 0.3) is 10.9 Å². The average molecular weight is 260 g/mol. The van der Waals surface area contributed by atoms with Crippen LogP contribution in [0.3, 0.4) is 0 Å². The summed E-state index contributed by atoms with van der Waals surface area (Å²) in [5.41, 5.74) is -0.0417. The summed E-state index contributed by atoms with van der Waals surface area (Å²) < 4.78 is 6.11. The first-order valence-electron chi connectivity index (χ1n) is 5.27. The third-order valence-electron chi connectivity index (χ3n) is 2.59. The van der Waals surface area contributed by atoms with Gasteiger partial charge in [-0.25, -0.2) is 14.6 Å². The van der Waals surface area contributed by atoms with Crippen LogP contribution >= 0.6 is 11.3 Å². The molecule has 0 aliphatic carbocycles. The molecule has 3 aromatic rings. The van der Waals surface area contributed by atoms with Crippen molar-refractivity contribution in [1.29, 1.82) is 0 Å². The predicted molar refractivity (Wildman–Crippen MR) is 68.0 cm³/mol. The Kier molecular flexibility index (Phi) is 2.56. The standard InChI is InChI=1S/C12H8N2O3S/c15-11-8-3-1-2-4-9(8)14(12(16)17-11)7-10-13-5-6-18-10/h1-6H,7H2. The highest BCUT2D eigenvalue weighted by molar-refractivity contribution is 7.09. The third-order valence-corrected chi connectivity index (χ3v) is 3.36. The van der Waals surface area contributed by atoms with Crippen LogP contribution in [0.4, 0.5) is 0 Å². The fourth-order valence-electron chi connectivity index (χ4n) is 1.79. The van der Waals surface area contributed by atoms with Gasteiger partial charge in [0.1, 0.15) is 5.01 Å². The van der Waals surface area contributed by atoms with Crippen molar-refractivity contribution in [3.05, 3.63) is 61.8 Å². The molecular formula is C12H8N2O3S. The molecule has 0 unspecified atom stereocenters. The topological polar surface area (TPSA) is 65.1 Å². The molecule has 0 bridgehead atoms. The van der Waals surface area contributed by atoms with Gasteiger partial charge >= 0.3 is 11.4 Å². The number of para-hydroxylation sites is 1. The number of hydrogen-bond acceptors (Lipinski definition) is 5. The van der Waals surface area contributed by atoms with E-state index in [1.54, 1.807) is 30.5 Å². The van der Waals surface area contributed by atoms with Crippen molar-refractivity contribution in [2.75, 3.05) is 0 Å². The lowest BCUT2D eigenvalue weighted by atomic mass is 10.2. The minimum atomic E-state index is -0.658. The molecule has 6 heteroatoms. The average Bonchev–Trinajstić information content (AvgIpc) is 2.87. The minimum absolute atomic E-state index is 0.306. The third kappa shape index (κ3) is 1.76. The first-order valence-corrected chi connectivity index (χ1v) is 6.15. The number of hydrogen-bond donors (Lipinski definition) is 0. The summed E-state index contributed by atoms with van der Waals surface area (Å²) in [5.74, 6) is -0.658. The summed E-state index contributed by atoms with van der Waals surface area (Å²) in [5, 5.41) is 3.02. The van der Waals surface area contributed by atoms with Crippen LogP contribution < -0.4 is 11.4 Å². The molecule has 0 aliphatic rings. The number of aromatic nitrogens is 2. The molecule has 0 spiro atoms. The van der Waals surface area contributed by atoms with E-state index in [1.165, 1.54) is 15.9 Å². The SMILES string of the molecule is O=c1oc(=O)n(Cc2nccs2)c2ccccc12. The van der Waals surface area contributed by atoms with E-state index in [0.29, 0.717) is 17.4 Å². The molecule has 0 radical (unpaired) electrons. The van der Waals surface area contributed by atoms with E-state index in [0.717, 1.165) is 5.01 Å². The minimum Gasteiger partial charge on any atom is -0.372 e. The lowest BCUT2D eigenvalue weighted by Gasteiger charge is -2.05. The molecule has 3 rings (SSSR count). The molecule has 0 atom stereocenters. The van der Waals surface area contributed by atoms with Crippen molar-refractivity contribution < 1.29 is 4.42 Å². The van der Waals surface area contributed by atoms with Gasteiger partial charge in [-0.15, -0.1) is 11.3 Å². The fraction of sp³-hybridized carbons (Fsp3) is 0.0833. The lowest BCUT2D eigenvalue weighted by Crippen LogP contribution is -2.25. The molecule has 2 aromatic heterocycles. The first-order chi connectivity index (χ1) is 8.75. The Morgan fingerprint density at radius 2 is 2.11 bits per heavy atom. The zero-order chi connectivity index (χ0) is 12.5. The summed E-state index contributed by atoms with van der Waals surface area (Å²) in [7, 11) is 0. The number of nitrogens with zero attached hydrogens (tertiary/aromatic N) is 2. The maximum atomic E-state index is 11.8. The van der Waals surface area contributed by atoms with Gasteiger partial charge in [0.15, 0.2) is 0 Å². The van der Waals surface area contributed by atoms with E-state index >= 15 is 0 Å². The summed E-state index contributed by atoms with van der Waals surface area (Å²) in [6, 6.07) is 6.87. The summed E-state index contributed by atoms with van der Waals surface area (Å²) in [6.07, 6.45) is 1.67. The van der Waals surface area contributed by atoms with Gasteiger partial charge in [0.05, 0.1) is 17.4 Å². The number of fused-ring (bicyclic) bond motifs is 1. The van der Waals surface area contributed by atoms with Gasteiger partial charge in [-0.1, -0.05) is 12.1 Å². The van der Waals surface area contributed by atoms with Gasteiger partial charge in [0, 0.05) is 11.6 Å². The Balaban J connectivity index is 2.28. The molecule has 0 saturated heterocycles. The zero-order valence-electron chi connectivity index (χ0n) is 9.20. The fourth-order valence-corrected chi connectivity index (χ4v) is 2.39. The van der Waals surface area contributed by atoms with Gasteiger partial charge in [-0.05, 0) is 12.1 Å². The van der Waals surface area contributed by atoms with Gasteiger partial charge in [-0.2, -0.15) is 0 Å². The molecule has 5 nitrogen and oxygen atoms in total. The van der Waals surface area contributed by atoms with Crippen LogP contribution in [0.15, 0.2) is 49.8 Å². The Morgan fingerprint density at radius 1 is 1.28 bits per heavy atom. The van der Waals surface area contributed by atoms with Crippen molar-refractivity contribution in [2.24, 2.45) is 0 Å². The molecule has 0 fully saturated rings. The number of thiazole rings is 1. The summed E-state index contributed by atoms with van der Waals surface area (Å²) in [6.45, 7) is 0.306. The second-order valence-electron chi connectivity index (χ2n) is 3.68. The second kappa shape index (κ2) is 4.23. The van der Waals surface area contributed by atoms with E-state index < -0.39 is 11.4 Å². The Labute approximate surface area is 105 Å². The molecule has 18 heavy (non-hydrogen) atoms. The van der Waals surface area contributed by atoms with Gasteiger partial charge in [0.25, 0.3) is 0 Å². The first kappa shape index (κ1) is 10.9. The molecule has 0 saturated carbocycles. The number of rotatable bonds is 2. The van der Waals surface area contributed by atoms with Crippen LogP contribution in [-0.4, -0.2) is 9.55 Å². The predicted octanol–water partition coefficient (Wildman–Crippen LogP) is 1.46. The molecule has 0 N–H and O–H groups in total. The summed E-state index contributed by atoms with van der Waals surface area (Å²) >= 11 is 1.45. The zero-order valence-corrected chi connectivity index (χ0v) is 10.0. The highest BCUT2D eigenvalue weighted by atomic mass is 32.1. The Hall–Kier alpha value is -2.21. The Bertz CT molecular complexity index is 802. The largest absolute Gasteiger partial charge is 0.422 e. The smallest absolute Gasteiger partial charge is 0.372 e. The van der Waals surface area contributed by atoms with E-state index in [9.17, 15) is 9.59 Å². The van der Waals surface area contributed by atoms with Gasteiger partial charge in [-0.3, -0.25) is 4.57 Å². The number of benzene rings is 1.